The summed E-state index contributed by atoms with van der Waals surface area (Å²) in [5, 5.41) is 10.3. The van der Waals surface area contributed by atoms with Gasteiger partial charge in [0.25, 0.3) is 5.91 Å². The summed E-state index contributed by atoms with van der Waals surface area (Å²) in [5.74, 6) is 5.72. The van der Waals surface area contributed by atoms with Crippen LogP contribution in [0.4, 0.5) is 10.5 Å². The van der Waals surface area contributed by atoms with E-state index in [-0.39, 0.29) is 28.3 Å². The van der Waals surface area contributed by atoms with Crippen molar-refractivity contribution in [1.29, 1.82) is 0 Å². The van der Waals surface area contributed by atoms with Gasteiger partial charge in [0.1, 0.15) is 17.2 Å². The van der Waals surface area contributed by atoms with Crippen molar-refractivity contribution in [1.82, 2.24) is 15.2 Å². The van der Waals surface area contributed by atoms with Gasteiger partial charge in [-0.1, -0.05) is 24.3 Å². The zero-order valence-electron chi connectivity index (χ0n) is 19.4. The van der Waals surface area contributed by atoms with E-state index in [1.807, 2.05) is 12.1 Å². The number of nitrogens with zero attached hydrogens (tertiary/aromatic N) is 2. The van der Waals surface area contributed by atoms with Crippen LogP contribution in [0.25, 0.3) is 22.5 Å². The number of aromatic amines is 1. The zero-order chi connectivity index (χ0) is 25.4. The van der Waals surface area contributed by atoms with Crippen molar-refractivity contribution >= 4 is 23.4 Å². The Labute approximate surface area is 205 Å². The summed E-state index contributed by atoms with van der Waals surface area (Å²) in [6.45, 7) is 0. The number of hydrogen-bond donors (Lipinski definition) is 3. The third-order valence-corrected chi connectivity index (χ3v) is 5.93. The lowest BCUT2D eigenvalue weighted by Crippen LogP contribution is -2.45. The van der Waals surface area contributed by atoms with E-state index in [9.17, 15) is 14.4 Å². The second kappa shape index (κ2) is 9.01. The zero-order valence-corrected chi connectivity index (χ0v) is 19.4. The van der Waals surface area contributed by atoms with E-state index < -0.39 is 11.9 Å². The molecule has 1 aromatic heterocycles. The predicted octanol–water partition coefficient (Wildman–Crippen LogP) is 3.85. The van der Waals surface area contributed by atoms with Crippen molar-refractivity contribution in [2.45, 2.75) is 0 Å². The number of ether oxygens (including phenoxy) is 2. The molecule has 1 aliphatic rings. The molecule has 0 bridgehead atoms. The Balaban J connectivity index is 1.44. The standard InChI is InChI=1S/C26H21N5O5/c1-35-15-12-10-14(11-13-15)22-21-23(30-29-22)17-7-5-8-18(20(17)24(21)32)28-26(34)31(27)25(33)16-6-3-4-9-19(16)36-2/h3-13H,27H2,1-2H3,(H,28,34)(H,29,30). The Morgan fingerprint density at radius 3 is 2.42 bits per heavy atom. The number of rotatable bonds is 5. The number of hydrazine groups is 1. The highest BCUT2D eigenvalue weighted by atomic mass is 16.5. The molecule has 5 rings (SSSR count). The van der Waals surface area contributed by atoms with Gasteiger partial charge in [-0.2, -0.15) is 10.1 Å². The second-order valence-corrected chi connectivity index (χ2v) is 7.91. The molecule has 10 nitrogen and oxygen atoms in total. The van der Waals surface area contributed by atoms with Crippen LogP contribution in [0.3, 0.4) is 0 Å². The average molecular weight is 483 g/mol. The molecule has 0 saturated carbocycles. The number of methoxy groups -OCH3 is 2. The number of amides is 3. The fraction of sp³-hybridized carbons (Fsp3) is 0.0769. The highest BCUT2D eigenvalue weighted by Gasteiger charge is 2.35. The minimum Gasteiger partial charge on any atom is -0.497 e. The molecule has 0 saturated heterocycles. The Morgan fingerprint density at radius 1 is 0.944 bits per heavy atom. The van der Waals surface area contributed by atoms with Crippen LogP contribution in [0, 0.1) is 0 Å². The average Bonchev–Trinajstić information content (AvgIpc) is 3.48. The summed E-state index contributed by atoms with van der Waals surface area (Å²) in [6, 6.07) is 17.7. The van der Waals surface area contributed by atoms with Crippen LogP contribution in [0.2, 0.25) is 0 Å². The van der Waals surface area contributed by atoms with Crippen LogP contribution in [0.5, 0.6) is 11.5 Å². The van der Waals surface area contributed by atoms with Crippen LogP contribution < -0.4 is 20.6 Å². The normalized spacial score (nSPS) is 11.5. The number of ketones is 1. The first kappa shape index (κ1) is 22.8. The number of nitrogens with two attached hydrogens (primary N) is 1. The number of para-hydroxylation sites is 1. The van der Waals surface area contributed by atoms with Gasteiger partial charge in [-0.05, 0) is 42.5 Å². The summed E-state index contributed by atoms with van der Waals surface area (Å²) in [7, 11) is 2.99. The number of benzene rings is 3. The van der Waals surface area contributed by atoms with Crippen LogP contribution >= 0.6 is 0 Å². The molecule has 4 aromatic rings. The number of carbonyl (C=O) groups excluding carboxylic acids is 3. The highest BCUT2D eigenvalue weighted by molar-refractivity contribution is 6.27. The van der Waals surface area contributed by atoms with Crippen molar-refractivity contribution < 1.29 is 23.9 Å². The van der Waals surface area contributed by atoms with E-state index in [2.05, 4.69) is 15.5 Å². The van der Waals surface area contributed by atoms with Gasteiger partial charge in [0.15, 0.2) is 5.78 Å². The van der Waals surface area contributed by atoms with Crippen molar-refractivity contribution in [3.63, 3.8) is 0 Å². The first-order valence-electron chi connectivity index (χ1n) is 10.9. The number of carbonyl (C=O) groups is 3. The maximum atomic E-state index is 13.5. The lowest BCUT2D eigenvalue weighted by molar-refractivity contribution is 0.0808. The monoisotopic (exact) mass is 483 g/mol. The number of urea groups is 1. The van der Waals surface area contributed by atoms with Gasteiger partial charge >= 0.3 is 6.03 Å². The maximum absolute atomic E-state index is 13.5. The van der Waals surface area contributed by atoms with Crippen molar-refractivity contribution in [3.8, 4) is 34.0 Å². The van der Waals surface area contributed by atoms with Crippen LogP contribution in [0.1, 0.15) is 26.3 Å². The van der Waals surface area contributed by atoms with Gasteiger partial charge in [-0.15, -0.1) is 0 Å². The minimum absolute atomic E-state index is 0.122. The maximum Gasteiger partial charge on any atom is 0.343 e. The van der Waals surface area contributed by atoms with Crippen LogP contribution in [0.15, 0.2) is 66.7 Å². The van der Waals surface area contributed by atoms with Gasteiger partial charge in [-0.3, -0.25) is 14.7 Å². The number of aromatic nitrogens is 2. The first-order valence-corrected chi connectivity index (χ1v) is 10.9. The molecule has 1 aliphatic carbocycles. The van der Waals surface area contributed by atoms with E-state index >= 15 is 0 Å². The van der Waals surface area contributed by atoms with Gasteiger partial charge < -0.3 is 14.8 Å². The molecule has 10 heteroatoms. The third-order valence-electron chi connectivity index (χ3n) is 5.93. The predicted molar refractivity (Wildman–Crippen MR) is 132 cm³/mol. The Morgan fingerprint density at radius 2 is 1.69 bits per heavy atom. The van der Waals surface area contributed by atoms with Gasteiger partial charge in [0.05, 0.1) is 42.3 Å². The topological polar surface area (TPSA) is 140 Å². The number of anilines is 1. The molecule has 0 radical (unpaired) electrons. The lowest BCUT2D eigenvalue weighted by Gasteiger charge is -2.18. The van der Waals surface area contributed by atoms with E-state index in [1.165, 1.54) is 13.2 Å². The van der Waals surface area contributed by atoms with E-state index in [4.69, 9.17) is 15.3 Å². The van der Waals surface area contributed by atoms with Crippen molar-refractivity contribution in [3.05, 3.63) is 83.4 Å². The van der Waals surface area contributed by atoms with Crippen molar-refractivity contribution in [2.75, 3.05) is 19.5 Å². The Hall–Kier alpha value is -4.96. The quantitative estimate of drug-likeness (QED) is 0.196. The molecular formula is C26H21N5O5. The second-order valence-electron chi connectivity index (χ2n) is 7.91. The molecule has 4 N–H and O–H groups in total. The van der Waals surface area contributed by atoms with Gasteiger partial charge in [-0.25, -0.2) is 10.6 Å². The van der Waals surface area contributed by atoms with Gasteiger partial charge in [0, 0.05) is 11.1 Å². The molecule has 0 fully saturated rings. The number of fused-ring (bicyclic) bond motifs is 3. The fourth-order valence-electron chi connectivity index (χ4n) is 4.17. The van der Waals surface area contributed by atoms with Crippen LogP contribution in [-0.2, 0) is 0 Å². The fourth-order valence-corrected chi connectivity index (χ4v) is 4.17. The van der Waals surface area contributed by atoms with Crippen LogP contribution in [-0.4, -0.2) is 47.1 Å². The summed E-state index contributed by atoms with van der Waals surface area (Å²) in [6.07, 6.45) is 0. The highest BCUT2D eigenvalue weighted by Crippen LogP contribution is 2.43. The number of nitrogens with one attached hydrogen (secondary N) is 2. The summed E-state index contributed by atoms with van der Waals surface area (Å²) in [4.78, 5) is 39.2. The van der Waals surface area contributed by atoms with Crippen molar-refractivity contribution in [2.24, 2.45) is 5.84 Å². The molecule has 3 aromatic carbocycles. The largest absolute Gasteiger partial charge is 0.497 e. The molecule has 0 unspecified atom stereocenters. The smallest absolute Gasteiger partial charge is 0.343 e. The molecule has 3 amide bonds. The summed E-state index contributed by atoms with van der Waals surface area (Å²) >= 11 is 0. The molecular weight excluding hydrogens is 462 g/mol. The number of hydrogen-bond acceptors (Lipinski definition) is 7. The van der Waals surface area contributed by atoms with E-state index in [0.29, 0.717) is 33.3 Å². The SMILES string of the molecule is COc1ccc(-c2n[nH]c3c2C(=O)c2c(NC(=O)N(N)C(=O)c4ccccc4OC)cccc2-3)cc1. The lowest BCUT2D eigenvalue weighted by atomic mass is 10.0. The first-order chi connectivity index (χ1) is 17.4. The molecule has 0 atom stereocenters. The molecule has 0 spiro atoms. The minimum atomic E-state index is -0.906. The Bertz CT molecular complexity index is 1510. The van der Waals surface area contributed by atoms with Gasteiger partial charge in [0.2, 0.25) is 0 Å². The summed E-state index contributed by atoms with van der Waals surface area (Å²) in [5.41, 5.74) is 3.36. The molecule has 0 aliphatic heterocycles. The Kier molecular flexibility index (Phi) is 5.71. The third kappa shape index (κ3) is 3.65. The van der Waals surface area contributed by atoms with E-state index in [0.717, 1.165) is 5.56 Å². The molecule has 36 heavy (non-hydrogen) atoms. The molecule has 1 heterocycles. The summed E-state index contributed by atoms with van der Waals surface area (Å²) < 4.78 is 10.4. The number of imide groups is 1. The van der Waals surface area contributed by atoms with E-state index in [1.54, 1.807) is 55.6 Å². The number of H-pyrrole nitrogens is 1. The molecule has 180 valence electrons.